The Morgan fingerprint density at radius 2 is 1.64 bits per heavy atom. The molecule has 0 unspecified atom stereocenters. The van der Waals surface area contributed by atoms with Crippen LogP contribution in [-0.2, 0) is 4.79 Å². The average molecular weight is 309 g/mol. The Labute approximate surface area is 137 Å². The number of rotatable bonds is 4. The van der Waals surface area contributed by atoms with Gasteiger partial charge < -0.3 is 10.2 Å². The number of piperidine rings is 1. The number of hydrogen-bond donors (Lipinski definition) is 1. The van der Waals surface area contributed by atoms with Crippen LogP contribution in [-0.4, -0.2) is 37.5 Å². The highest BCUT2D eigenvalue weighted by molar-refractivity contribution is 5.78. The summed E-state index contributed by atoms with van der Waals surface area (Å²) in [7, 11) is 2.20. The third-order valence-corrected chi connectivity index (χ3v) is 6.01. The third-order valence-electron chi connectivity index (χ3n) is 6.01. The number of carbonyl (C=O) groups excluding carboxylic acids is 1. The van der Waals surface area contributed by atoms with Crippen molar-refractivity contribution in [2.75, 3.05) is 26.7 Å². The molecule has 1 heterocycles. The molecule has 1 aliphatic heterocycles. The van der Waals surface area contributed by atoms with Crippen LogP contribution < -0.4 is 5.32 Å². The molecule has 22 heavy (non-hydrogen) atoms. The van der Waals surface area contributed by atoms with Gasteiger partial charge in [-0.2, -0.15) is 0 Å². The monoisotopic (exact) mass is 308 g/mol. The Morgan fingerprint density at radius 3 is 2.18 bits per heavy atom. The van der Waals surface area contributed by atoms with Crippen molar-refractivity contribution in [3.63, 3.8) is 0 Å². The van der Waals surface area contributed by atoms with E-state index in [4.69, 9.17) is 0 Å². The molecule has 0 aromatic carbocycles. The molecule has 3 heteroatoms. The Bertz CT molecular complexity index is 345. The van der Waals surface area contributed by atoms with E-state index in [9.17, 15) is 4.79 Å². The number of carbonyl (C=O) groups is 1. The smallest absolute Gasteiger partial charge is 0.223 e. The zero-order chi connectivity index (χ0) is 16.2. The second kappa shape index (κ2) is 7.81. The molecular formula is C19H36N2O. The first-order valence-electron chi connectivity index (χ1n) is 9.32. The predicted molar refractivity (Wildman–Crippen MR) is 92.8 cm³/mol. The minimum atomic E-state index is 0.274. The van der Waals surface area contributed by atoms with E-state index in [0.717, 1.165) is 37.6 Å². The van der Waals surface area contributed by atoms with Crippen LogP contribution in [0.3, 0.4) is 0 Å². The van der Waals surface area contributed by atoms with E-state index in [0.29, 0.717) is 11.3 Å². The van der Waals surface area contributed by atoms with E-state index >= 15 is 0 Å². The molecule has 1 saturated heterocycles. The lowest BCUT2D eigenvalue weighted by atomic mass is 9.69. The summed E-state index contributed by atoms with van der Waals surface area (Å²) in [6.07, 6.45) is 8.36. The van der Waals surface area contributed by atoms with E-state index in [-0.39, 0.29) is 5.92 Å². The van der Waals surface area contributed by atoms with Crippen LogP contribution in [0.15, 0.2) is 0 Å². The highest BCUT2D eigenvalue weighted by Gasteiger charge is 2.32. The summed E-state index contributed by atoms with van der Waals surface area (Å²) in [5.41, 5.74) is 0.398. The van der Waals surface area contributed by atoms with Gasteiger partial charge in [-0.25, -0.2) is 0 Å². The minimum Gasteiger partial charge on any atom is -0.356 e. The molecule has 0 radical (unpaired) electrons. The fourth-order valence-corrected chi connectivity index (χ4v) is 4.12. The van der Waals surface area contributed by atoms with Crippen molar-refractivity contribution in [3.8, 4) is 0 Å². The second-order valence-corrected chi connectivity index (χ2v) is 8.74. The number of nitrogens with one attached hydrogen (secondary N) is 1. The SMILES string of the molecule is CN1CCC(CCNC(=O)C2CCC(C(C)(C)C)CC2)CC1. The molecule has 1 amide bonds. The fourth-order valence-electron chi connectivity index (χ4n) is 4.12. The van der Waals surface area contributed by atoms with Gasteiger partial charge in [-0.3, -0.25) is 4.79 Å². The van der Waals surface area contributed by atoms with Gasteiger partial charge in [0.15, 0.2) is 0 Å². The second-order valence-electron chi connectivity index (χ2n) is 8.74. The molecule has 1 aliphatic carbocycles. The maximum Gasteiger partial charge on any atom is 0.223 e. The molecule has 2 aliphatic rings. The van der Waals surface area contributed by atoms with Crippen molar-refractivity contribution < 1.29 is 4.79 Å². The highest BCUT2D eigenvalue weighted by Crippen LogP contribution is 2.39. The lowest BCUT2D eigenvalue weighted by Crippen LogP contribution is -2.37. The van der Waals surface area contributed by atoms with Gasteiger partial charge in [0.05, 0.1) is 0 Å². The molecule has 0 spiro atoms. The van der Waals surface area contributed by atoms with Crippen LogP contribution in [0.4, 0.5) is 0 Å². The molecule has 0 aromatic rings. The van der Waals surface area contributed by atoms with E-state index in [2.05, 4.69) is 38.0 Å². The standard InChI is InChI=1S/C19H36N2O/c1-19(2,3)17-7-5-16(6-8-17)18(22)20-12-9-15-10-13-21(4)14-11-15/h15-17H,5-14H2,1-4H3,(H,20,22). The maximum atomic E-state index is 12.3. The minimum absolute atomic E-state index is 0.274. The van der Waals surface area contributed by atoms with Crippen molar-refractivity contribution in [1.82, 2.24) is 10.2 Å². The van der Waals surface area contributed by atoms with Gasteiger partial charge in [-0.1, -0.05) is 20.8 Å². The van der Waals surface area contributed by atoms with Gasteiger partial charge in [-0.15, -0.1) is 0 Å². The normalized spacial score (nSPS) is 28.5. The summed E-state index contributed by atoms with van der Waals surface area (Å²) in [5.74, 6) is 2.19. The Kier molecular flexibility index (Phi) is 6.31. The van der Waals surface area contributed by atoms with Crippen LogP contribution in [0.2, 0.25) is 0 Å². The molecule has 1 saturated carbocycles. The Hall–Kier alpha value is -0.570. The topological polar surface area (TPSA) is 32.3 Å². The molecule has 2 fully saturated rings. The van der Waals surface area contributed by atoms with Crippen LogP contribution in [0.5, 0.6) is 0 Å². The van der Waals surface area contributed by atoms with Gasteiger partial charge >= 0.3 is 0 Å². The average Bonchev–Trinajstić information content (AvgIpc) is 2.48. The first kappa shape index (κ1) is 17.8. The molecule has 2 rings (SSSR count). The van der Waals surface area contributed by atoms with Crippen LogP contribution in [0.25, 0.3) is 0 Å². The van der Waals surface area contributed by atoms with Gasteiger partial charge in [-0.05, 0) is 82.3 Å². The number of likely N-dealkylation sites (tertiary alicyclic amines) is 1. The van der Waals surface area contributed by atoms with Crippen LogP contribution in [0.1, 0.15) is 65.7 Å². The molecular weight excluding hydrogens is 272 g/mol. The van der Waals surface area contributed by atoms with Gasteiger partial charge in [0.1, 0.15) is 0 Å². The van der Waals surface area contributed by atoms with Gasteiger partial charge in [0.25, 0.3) is 0 Å². The lowest BCUT2D eigenvalue weighted by Gasteiger charge is -2.36. The van der Waals surface area contributed by atoms with E-state index in [1.54, 1.807) is 0 Å². The summed E-state index contributed by atoms with van der Waals surface area (Å²) in [6, 6.07) is 0. The summed E-state index contributed by atoms with van der Waals surface area (Å²) in [5, 5.41) is 3.21. The van der Waals surface area contributed by atoms with Crippen molar-refractivity contribution >= 4 is 5.91 Å². The molecule has 128 valence electrons. The molecule has 0 bridgehead atoms. The molecule has 1 N–H and O–H groups in total. The number of amides is 1. The maximum absolute atomic E-state index is 12.3. The number of nitrogens with zero attached hydrogens (tertiary/aromatic N) is 1. The Morgan fingerprint density at radius 1 is 1.05 bits per heavy atom. The van der Waals surface area contributed by atoms with Crippen molar-refractivity contribution in [2.24, 2.45) is 23.2 Å². The van der Waals surface area contributed by atoms with E-state index < -0.39 is 0 Å². The Balaban J connectivity index is 1.62. The summed E-state index contributed by atoms with van der Waals surface area (Å²) in [4.78, 5) is 14.7. The lowest BCUT2D eigenvalue weighted by molar-refractivity contribution is -0.126. The third kappa shape index (κ3) is 5.26. The first-order valence-corrected chi connectivity index (χ1v) is 9.32. The summed E-state index contributed by atoms with van der Waals surface area (Å²) < 4.78 is 0. The molecule has 3 nitrogen and oxygen atoms in total. The van der Waals surface area contributed by atoms with Gasteiger partial charge in [0, 0.05) is 12.5 Å². The zero-order valence-electron chi connectivity index (χ0n) is 15.2. The van der Waals surface area contributed by atoms with Crippen molar-refractivity contribution in [3.05, 3.63) is 0 Å². The quantitative estimate of drug-likeness (QED) is 0.859. The van der Waals surface area contributed by atoms with E-state index in [1.807, 2.05) is 0 Å². The summed E-state index contributed by atoms with van der Waals surface area (Å²) >= 11 is 0. The summed E-state index contributed by atoms with van der Waals surface area (Å²) in [6.45, 7) is 10.3. The number of hydrogen-bond acceptors (Lipinski definition) is 2. The predicted octanol–water partition coefficient (Wildman–Crippen LogP) is 3.69. The van der Waals surface area contributed by atoms with E-state index in [1.165, 1.54) is 38.8 Å². The van der Waals surface area contributed by atoms with Crippen LogP contribution >= 0.6 is 0 Å². The highest BCUT2D eigenvalue weighted by atomic mass is 16.1. The van der Waals surface area contributed by atoms with Crippen molar-refractivity contribution in [1.29, 1.82) is 0 Å². The molecule has 0 atom stereocenters. The first-order chi connectivity index (χ1) is 10.4. The zero-order valence-corrected chi connectivity index (χ0v) is 15.2. The largest absolute Gasteiger partial charge is 0.356 e. The van der Waals surface area contributed by atoms with Gasteiger partial charge in [0.2, 0.25) is 5.91 Å². The van der Waals surface area contributed by atoms with Crippen molar-refractivity contribution in [2.45, 2.75) is 65.7 Å². The molecule has 0 aromatic heterocycles. The van der Waals surface area contributed by atoms with Crippen LogP contribution in [0, 0.1) is 23.2 Å². The fraction of sp³-hybridized carbons (Fsp3) is 0.947.